The van der Waals surface area contributed by atoms with Gasteiger partial charge in [0.1, 0.15) is 11.8 Å². The van der Waals surface area contributed by atoms with E-state index in [1.807, 2.05) is 19.1 Å². The third kappa shape index (κ3) is 1.45. The summed E-state index contributed by atoms with van der Waals surface area (Å²) in [6.45, 7) is 1.94. The fourth-order valence-electron chi connectivity index (χ4n) is 1.52. The predicted molar refractivity (Wildman–Crippen MR) is 63.3 cm³/mol. The Hall–Kier alpha value is -1.60. The van der Waals surface area contributed by atoms with Crippen LogP contribution in [0.5, 0.6) is 0 Å². The summed E-state index contributed by atoms with van der Waals surface area (Å²) >= 11 is 3.39. The summed E-state index contributed by atoms with van der Waals surface area (Å²) < 4.78 is 0.817. The van der Waals surface area contributed by atoms with Crippen LogP contribution in [0.25, 0.3) is 10.8 Å². The largest absolute Gasteiger partial charge is 0.398 e. The number of hydrogen-bond acceptors (Lipinski definition) is 3. The van der Waals surface area contributed by atoms with Crippen LogP contribution in [0.3, 0.4) is 0 Å². The second-order valence-electron chi connectivity index (χ2n) is 3.29. The van der Waals surface area contributed by atoms with Crippen molar-refractivity contribution in [2.24, 2.45) is 0 Å². The first kappa shape index (κ1) is 9.94. The van der Waals surface area contributed by atoms with Gasteiger partial charge in [-0.25, -0.2) is 4.98 Å². The van der Waals surface area contributed by atoms with E-state index in [1.54, 1.807) is 6.20 Å². The van der Waals surface area contributed by atoms with Crippen LogP contribution < -0.4 is 5.73 Å². The van der Waals surface area contributed by atoms with Crippen LogP contribution in [0.2, 0.25) is 0 Å². The lowest BCUT2D eigenvalue weighted by Gasteiger charge is -2.07. The third-order valence-corrected chi connectivity index (χ3v) is 2.97. The van der Waals surface area contributed by atoms with E-state index in [0.29, 0.717) is 11.4 Å². The molecule has 2 aromatic rings. The molecule has 0 radical (unpaired) electrons. The lowest BCUT2D eigenvalue weighted by atomic mass is 10.0. The van der Waals surface area contributed by atoms with E-state index in [9.17, 15) is 0 Å². The summed E-state index contributed by atoms with van der Waals surface area (Å²) in [7, 11) is 0. The van der Waals surface area contributed by atoms with E-state index in [1.165, 1.54) is 0 Å². The van der Waals surface area contributed by atoms with E-state index < -0.39 is 0 Å². The van der Waals surface area contributed by atoms with Crippen LogP contribution >= 0.6 is 15.9 Å². The van der Waals surface area contributed by atoms with Gasteiger partial charge >= 0.3 is 0 Å². The molecule has 0 amide bonds. The van der Waals surface area contributed by atoms with Gasteiger partial charge in [-0.05, 0) is 28.4 Å². The number of aryl methyl sites for hydroxylation is 1. The van der Waals surface area contributed by atoms with Gasteiger partial charge in [0.15, 0.2) is 0 Å². The summed E-state index contributed by atoms with van der Waals surface area (Å²) in [6, 6.07) is 5.82. The second kappa shape index (κ2) is 3.52. The van der Waals surface area contributed by atoms with Crippen LogP contribution in [0, 0.1) is 18.3 Å². The van der Waals surface area contributed by atoms with E-state index >= 15 is 0 Å². The Labute approximate surface area is 95.7 Å². The zero-order chi connectivity index (χ0) is 11.0. The number of nitriles is 1. The fraction of sp³-hybridized carbons (Fsp3) is 0.0909. The molecule has 0 aliphatic carbocycles. The van der Waals surface area contributed by atoms with Crippen molar-refractivity contribution < 1.29 is 0 Å². The van der Waals surface area contributed by atoms with Crippen LogP contribution in [0.4, 0.5) is 5.69 Å². The average Bonchev–Trinajstić information content (AvgIpc) is 2.24. The molecule has 0 saturated carbocycles. The van der Waals surface area contributed by atoms with Crippen molar-refractivity contribution in [2.45, 2.75) is 6.92 Å². The lowest BCUT2D eigenvalue weighted by Crippen LogP contribution is -1.95. The number of anilines is 1. The van der Waals surface area contributed by atoms with Gasteiger partial charge in [0.2, 0.25) is 0 Å². The Morgan fingerprint density at radius 3 is 2.87 bits per heavy atom. The zero-order valence-corrected chi connectivity index (χ0v) is 9.67. The molecule has 4 heteroatoms. The maximum absolute atomic E-state index is 8.92. The summed E-state index contributed by atoms with van der Waals surface area (Å²) in [5, 5.41) is 10.6. The summed E-state index contributed by atoms with van der Waals surface area (Å²) in [5.74, 6) is 0. The Kier molecular flexibility index (Phi) is 2.33. The van der Waals surface area contributed by atoms with Crippen molar-refractivity contribution >= 4 is 32.4 Å². The molecule has 0 saturated heterocycles. The fourth-order valence-corrected chi connectivity index (χ4v) is 2.05. The lowest BCUT2D eigenvalue weighted by molar-refractivity contribution is 1.28. The number of nitrogens with two attached hydrogens (primary N) is 1. The molecule has 0 atom stereocenters. The quantitative estimate of drug-likeness (QED) is 0.742. The smallest absolute Gasteiger partial charge is 0.148 e. The molecule has 1 aromatic carbocycles. The maximum Gasteiger partial charge on any atom is 0.148 e. The molecule has 2 rings (SSSR count). The van der Waals surface area contributed by atoms with Gasteiger partial charge in [0.25, 0.3) is 0 Å². The van der Waals surface area contributed by atoms with Crippen molar-refractivity contribution in [1.82, 2.24) is 4.98 Å². The molecular formula is C11H8BrN3. The minimum absolute atomic E-state index is 0.403. The summed E-state index contributed by atoms with van der Waals surface area (Å²) in [4.78, 5) is 4.03. The van der Waals surface area contributed by atoms with Gasteiger partial charge in [-0.1, -0.05) is 12.1 Å². The van der Waals surface area contributed by atoms with E-state index in [2.05, 4.69) is 27.0 Å². The van der Waals surface area contributed by atoms with Gasteiger partial charge in [-0.3, -0.25) is 0 Å². The van der Waals surface area contributed by atoms with Gasteiger partial charge in [-0.2, -0.15) is 5.26 Å². The molecule has 74 valence electrons. The number of aromatic nitrogens is 1. The van der Waals surface area contributed by atoms with Crippen molar-refractivity contribution in [3.05, 3.63) is 34.1 Å². The molecule has 3 nitrogen and oxygen atoms in total. The number of benzene rings is 1. The van der Waals surface area contributed by atoms with E-state index in [4.69, 9.17) is 11.0 Å². The Morgan fingerprint density at radius 2 is 2.20 bits per heavy atom. The van der Waals surface area contributed by atoms with Crippen molar-refractivity contribution in [3.8, 4) is 6.07 Å². The van der Waals surface area contributed by atoms with E-state index in [-0.39, 0.29) is 0 Å². The molecule has 0 fully saturated rings. The van der Waals surface area contributed by atoms with Gasteiger partial charge in [0.05, 0.1) is 0 Å². The molecule has 15 heavy (non-hydrogen) atoms. The number of pyridine rings is 1. The normalized spacial score (nSPS) is 10.2. The number of fused-ring (bicyclic) bond motifs is 1. The number of halogens is 1. The third-order valence-electron chi connectivity index (χ3n) is 2.37. The van der Waals surface area contributed by atoms with Crippen molar-refractivity contribution in [2.75, 3.05) is 5.73 Å². The highest BCUT2D eigenvalue weighted by Crippen LogP contribution is 2.31. The number of nitrogen functional groups attached to an aromatic ring is 1. The monoisotopic (exact) mass is 261 g/mol. The Balaban J connectivity index is 3.02. The highest BCUT2D eigenvalue weighted by Gasteiger charge is 2.09. The molecule has 0 aliphatic rings. The standard InChI is InChI=1S/C11H8BrN3/c1-6-2-3-7-9(4-13)15-5-8(12)10(7)11(6)14/h2-3,5H,14H2,1H3. The minimum Gasteiger partial charge on any atom is -0.398 e. The minimum atomic E-state index is 0.403. The van der Waals surface area contributed by atoms with Gasteiger partial charge < -0.3 is 5.73 Å². The van der Waals surface area contributed by atoms with Crippen LogP contribution in [-0.2, 0) is 0 Å². The first-order chi connectivity index (χ1) is 7.15. The summed E-state index contributed by atoms with van der Waals surface area (Å²) in [5.41, 5.74) is 8.07. The Morgan fingerprint density at radius 1 is 1.47 bits per heavy atom. The molecule has 0 unspecified atom stereocenters. The molecule has 0 bridgehead atoms. The molecule has 0 spiro atoms. The van der Waals surface area contributed by atoms with Gasteiger partial charge in [-0.15, -0.1) is 0 Å². The molecule has 0 aliphatic heterocycles. The number of rotatable bonds is 0. The SMILES string of the molecule is Cc1ccc2c(C#N)ncc(Br)c2c1N. The number of hydrogen-bond donors (Lipinski definition) is 1. The second-order valence-corrected chi connectivity index (χ2v) is 4.14. The van der Waals surface area contributed by atoms with E-state index in [0.717, 1.165) is 20.8 Å². The van der Waals surface area contributed by atoms with Crippen molar-refractivity contribution in [3.63, 3.8) is 0 Å². The van der Waals surface area contributed by atoms with Gasteiger partial charge in [0, 0.05) is 27.1 Å². The molecule has 2 N–H and O–H groups in total. The number of nitrogens with zero attached hydrogens (tertiary/aromatic N) is 2. The Bertz CT molecular complexity index is 584. The predicted octanol–water partition coefficient (Wildman–Crippen LogP) is 2.76. The average molecular weight is 262 g/mol. The molecule has 1 aromatic heterocycles. The van der Waals surface area contributed by atoms with Crippen LogP contribution in [0.15, 0.2) is 22.8 Å². The molecular weight excluding hydrogens is 254 g/mol. The molecule has 1 heterocycles. The maximum atomic E-state index is 8.92. The first-order valence-electron chi connectivity index (χ1n) is 4.38. The highest BCUT2D eigenvalue weighted by atomic mass is 79.9. The highest BCUT2D eigenvalue weighted by molar-refractivity contribution is 9.10. The van der Waals surface area contributed by atoms with Crippen LogP contribution in [-0.4, -0.2) is 4.98 Å². The first-order valence-corrected chi connectivity index (χ1v) is 5.18. The van der Waals surface area contributed by atoms with Crippen LogP contribution in [0.1, 0.15) is 11.3 Å². The summed E-state index contributed by atoms with van der Waals surface area (Å²) in [6.07, 6.45) is 1.61. The zero-order valence-electron chi connectivity index (χ0n) is 8.08. The van der Waals surface area contributed by atoms with Crippen molar-refractivity contribution in [1.29, 1.82) is 5.26 Å². The topological polar surface area (TPSA) is 62.7 Å².